The first-order chi connectivity index (χ1) is 9.08. The fourth-order valence-corrected chi connectivity index (χ4v) is 1.72. The summed E-state index contributed by atoms with van der Waals surface area (Å²) < 4.78 is 0. The van der Waals surface area contributed by atoms with Crippen LogP contribution in [0.4, 0.5) is 5.69 Å². The molecule has 0 atom stereocenters. The van der Waals surface area contributed by atoms with Gasteiger partial charge >= 0.3 is 0 Å². The number of pyridine rings is 1. The van der Waals surface area contributed by atoms with Crippen LogP contribution in [0.25, 0.3) is 0 Å². The highest BCUT2D eigenvalue weighted by Gasteiger charge is 2.09. The van der Waals surface area contributed by atoms with Crippen molar-refractivity contribution in [3.05, 3.63) is 59.4 Å². The first-order valence-corrected chi connectivity index (χ1v) is 5.91. The van der Waals surface area contributed by atoms with Crippen LogP contribution in [0.5, 0.6) is 0 Å². The largest absolute Gasteiger partial charge is 0.322 e. The number of hydrogen-bond acceptors (Lipinski definition) is 3. The van der Waals surface area contributed by atoms with E-state index in [0.717, 1.165) is 5.56 Å². The zero-order valence-electron chi connectivity index (χ0n) is 10.8. The van der Waals surface area contributed by atoms with E-state index in [1.165, 1.54) is 13.1 Å². The minimum absolute atomic E-state index is 0.0337. The SMILES string of the molecule is CC(=O)c1cccc(NC(=O)c2cnccc2C)c1. The Bertz CT molecular complexity index is 636. The summed E-state index contributed by atoms with van der Waals surface area (Å²) in [4.78, 5) is 27.3. The van der Waals surface area contributed by atoms with Crippen molar-refractivity contribution in [3.63, 3.8) is 0 Å². The Labute approximate surface area is 111 Å². The third-order valence-electron chi connectivity index (χ3n) is 2.81. The minimum atomic E-state index is -0.230. The second-order valence-electron chi connectivity index (χ2n) is 4.28. The van der Waals surface area contributed by atoms with Crippen LogP contribution in [-0.4, -0.2) is 16.7 Å². The maximum atomic E-state index is 12.1. The lowest BCUT2D eigenvalue weighted by molar-refractivity contribution is 0.101. The highest BCUT2D eigenvalue weighted by atomic mass is 16.1. The first kappa shape index (κ1) is 13.0. The fourth-order valence-electron chi connectivity index (χ4n) is 1.72. The number of carbonyl (C=O) groups excluding carboxylic acids is 2. The number of hydrogen-bond donors (Lipinski definition) is 1. The predicted octanol–water partition coefficient (Wildman–Crippen LogP) is 2.84. The number of nitrogens with one attached hydrogen (secondary N) is 1. The molecule has 1 aromatic carbocycles. The van der Waals surface area contributed by atoms with E-state index >= 15 is 0 Å². The summed E-state index contributed by atoms with van der Waals surface area (Å²) in [5, 5.41) is 2.76. The van der Waals surface area contributed by atoms with E-state index < -0.39 is 0 Å². The van der Waals surface area contributed by atoms with Gasteiger partial charge in [-0.05, 0) is 37.6 Å². The van der Waals surface area contributed by atoms with Gasteiger partial charge in [-0.15, -0.1) is 0 Å². The molecule has 0 saturated carbocycles. The van der Waals surface area contributed by atoms with E-state index in [4.69, 9.17) is 0 Å². The summed E-state index contributed by atoms with van der Waals surface area (Å²) in [7, 11) is 0. The number of aryl methyl sites for hydroxylation is 1. The molecule has 4 heteroatoms. The Morgan fingerprint density at radius 1 is 1.21 bits per heavy atom. The maximum Gasteiger partial charge on any atom is 0.257 e. The average molecular weight is 254 g/mol. The van der Waals surface area contributed by atoms with E-state index in [1.807, 2.05) is 6.92 Å². The highest BCUT2D eigenvalue weighted by molar-refractivity contribution is 6.05. The van der Waals surface area contributed by atoms with Crippen molar-refractivity contribution in [1.29, 1.82) is 0 Å². The van der Waals surface area contributed by atoms with Gasteiger partial charge in [-0.25, -0.2) is 0 Å². The Balaban J connectivity index is 2.22. The first-order valence-electron chi connectivity index (χ1n) is 5.91. The van der Waals surface area contributed by atoms with Crippen molar-refractivity contribution in [2.45, 2.75) is 13.8 Å². The van der Waals surface area contributed by atoms with Crippen molar-refractivity contribution >= 4 is 17.4 Å². The number of benzene rings is 1. The molecule has 1 N–H and O–H groups in total. The minimum Gasteiger partial charge on any atom is -0.322 e. The third-order valence-corrected chi connectivity index (χ3v) is 2.81. The lowest BCUT2D eigenvalue weighted by atomic mass is 10.1. The van der Waals surface area contributed by atoms with Crippen molar-refractivity contribution in [1.82, 2.24) is 4.98 Å². The van der Waals surface area contributed by atoms with Crippen LogP contribution in [0.15, 0.2) is 42.7 Å². The Kier molecular flexibility index (Phi) is 3.71. The van der Waals surface area contributed by atoms with Gasteiger partial charge in [0.1, 0.15) is 0 Å². The molecule has 19 heavy (non-hydrogen) atoms. The number of nitrogens with zero attached hydrogens (tertiary/aromatic N) is 1. The predicted molar refractivity (Wildman–Crippen MR) is 73.4 cm³/mol. The molecule has 0 bridgehead atoms. The van der Waals surface area contributed by atoms with Gasteiger partial charge in [0.2, 0.25) is 0 Å². The molecule has 2 rings (SSSR count). The van der Waals surface area contributed by atoms with Crippen LogP contribution in [0.2, 0.25) is 0 Å². The standard InChI is InChI=1S/C15H14N2O2/c1-10-6-7-16-9-14(10)15(19)17-13-5-3-4-12(8-13)11(2)18/h3-9H,1-2H3,(H,17,19). The Hall–Kier alpha value is -2.49. The summed E-state index contributed by atoms with van der Waals surface area (Å²) in [6.45, 7) is 3.34. The van der Waals surface area contributed by atoms with Gasteiger partial charge in [-0.3, -0.25) is 14.6 Å². The van der Waals surface area contributed by atoms with Gasteiger partial charge in [-0.1, -0.05) is 12.1 Å². The van der Waals surface area contributed by atoms with Crippen molar-refractivity contribution < 1.29 is 9.59 Å². The van der Waals surface area contributed by atoms with Crippen molar-refractivity contribution in [3.8, 4) is 0 Å². The molecule has 4 nitrogen and oxygen atoms in total. The van der Waals surface area contributed by atoms with Crippen LogP contribution in [0.3, 0.4) is 0 Å². The molecule has 0 spiro atoms. The molecule has 1 amide bonds. The van der Waals surface area contributed by atoms with Gasteiger partial charge in [0, 0.05) is 23.6 Å². The van der Waals surface area contributed by atoms with E-state index in [-0.39, 0.29) is 11.7 Å². The third kappa shape index (κ3) is 3.04. The van der Waals surface area contributed by atoms with Crippen LogP contribution >= 0.6 is 0 Å². The van der Waals surface area contributed by atoms with Crippen LogP contribution in [0.1, 0.15) is 33.2 Å². The molecular weight excluding hydrogens is 240 g/mol. The maximum absolute atomic E-state index is 12.1. The summed E-state index contributed by atoms with van der Waals surface area (Å²) in [6.07, 6.45) is 3.17. The van der Waals surface area contributed by atoms with Gasteiger partial charge in [0.25, 0.3) is 5.91 Å². The summed E-state index contributed by atoms with van der Waals surface area (Å²) in [5.74, 6) is -0.264. The molecule has 96 valence electrons. The van der Waals surface area contributed by atoms with Gasteiger partial charge in [0.15, 0.2) is 5.78 Å². The zero-order chi connectivity index (χ0) is 13.8. The lowest BCUT2D eigenvalue weighted by Crippen LogP contribution is -2.14. The van der Waals surface area contributed by atoms with E-state index in [1.54, 1.807) is 36.5 Å². The van der Waals surface area contributed by atoms with E-state index in [9.17, 15) is 9.59 Å². The Morgan fingerprint density at radius 2 is 2.00 bits per heavy atom. The fraction of sp³-hybridized carbons (Fsp3) is 0.133. The number of amides is 1. The second kappa shape index (κ2) is 5.44. The Morgan fingerprint density at radius 3 is 2.68 bits per heavy atom. The molecule has 0 unspecified atom stereocenters. The number of ketones is 1. The lowest BCUT2D eigenvalue weighted by Gasteiger charge is -2.07. The zero-order valence-corrected chi connectivity index (χ0v) is 10.8. The number of rotatable bonds is 3. The van der Waals surface area contributed by atoms with E-state index in [0.29, 0.717) is 16.8 Å². The number of aromatic nitrogens is 1. The van der Waals surface area contributed by atoms with Crippen LogP contribution in [0, 0.1) is 6.92 Å². The summed E-state index contributed by atoms with van der Waals surface area (Å²) in [5.41, 5.74) is 2.55. The van der Waals surface area contributed by atoms with Crippen LogP contribution < -0.4 is 5.32 Å². The molecule has 0 fully saturated rings. The summed E-state index contributed by atoms with van der Waals surface area (Å²) in [6, 6.07) is 8.64. The van der Waals surface area contributed by atoms with Crippen molar-refractivity contribution in [2.75, 3.05) is 5.32 Å². The molecule has 0 aliphatic rings. The average Bonchev–Trinajstić information content (AvgIpc) is 2.39. The van der Waals surface area contributed by atoms with Crippen molar-refractivity contribution in [2.24, 2.45) is 0 Å². The molecule has 0 saturated heterocycles. The topological polar surface area (TPSA) is 59.1 Å². The van der Waals surface area contributed by atoms with Gasteiger partial charge in [-0.2, -0.15) is 0 Å². The monoisotopic (exact) mass is 254 g/mol. The number of Topliss-reactive ketones (excluding diaryl/α,β-unsaturated/α-hetero) is 1. The van der Waals surface area contributed by atoms with Crippen LogP contribution in [-0.2, 0) is 0 Å². The number of anilines is 1. The smallest absolute Gasteiger partial charge is 0.257 e. The number of carbonyl (C=O) groups is 2. The molecular formula is C15H14N2O2. The second-order valence-corrected chi connectivity index (χ2v) is 4.28. The molecule has 1 aromatic heterocycles. The molecule has 2 aromatic rings. The molecule has 1 heterocycles. The van der Waals surface area contributed by atoms with Gasteiger partial charge < -0.3 is 5.32 Å². The highest BCUT2D eigenvalue weighted by Crippen LogP contribution is 2.14. The quantitative estimate of drug-likeness (QED) is 0.857. The van der Waals surface area contributed by atoms with Gasteiger partial charge in [0.05, 0.1) is 5.56 Å². The normalized spacial score (nSPS) is 10.0. The molecule has 0 radical (unpaired) electrons. The summed E-state index contributed by atoms with van der Waals surface area (Å²) >= 11 is 0. The molecule has 0 aliphatic heterocycles. The van der Waals surface area contributed by atoms with E-state index in [2.05, 4.69) is 10.3 Å². The molecule has 0 aliphatic carbocycles.